The van der Waals surface area contributed by atoms with Crippen molar-refractivity contribution >= 4 is 0 Å². The normalized spacial score (nSPS) is 12.0. The van der Waals surface area contributed by atoms with Gasteiger partial charge in [-0.3, -0.25) is 0 Å². The summed E-state index contributed by atoms with van der Waals surface area (Å²) in [6, 6.07) is 0. The highest BCUT2D eigenvalue weighted by Gasteiger charge is 2.16. The molecule has 0 atom stereocenters. The third-order valence-electron chi connectivity index (χ3n) is 0.612. The van der Waals surface area contributed by atoms with E-state index in [4.69, 9.17) is 30.6 Å². The SMILES string of the molecule is CCOC(O)(O)O.COC(O)(O)O. The third kappa shape index (κ3) is 24.5. The lowest BCUT2D eigenvalue weighted by atomic mass is 10.9. The van der Waals surface area contributed by atoms with E-state index >= 15 is 0 Å². The Hall–Kier alpha value is -0.320. The summed E-state index contributed by atoms with van der Waals surface area (Å²) >= 11 is 0. The van der Waals surface area contributed by atoms with Crippen LogP contribution in [-0.2, 0) is 9.47 Å². The molecule has 0 heterocycles. The lowest BCUT2D eigenvalue weighted by molar-refractivity contribution is -0.453. The molecule has 0 aromatic rings. The Morgan fingerprint density at radius 2 is 1.23 bits per heavy atom. The Labute approximate surface area is 74.2 Å². The Morgan fingerprint density at radius 3 is 1.23 bits per heavy atom. The Kier molecular flexibility index (Phi) is 7.21. The van der Waals surface area contributed by atoms with Gasteiger partial charge in [0.2, 0.25) is 0 Å². The topological polar surface area (TPSA) is 140 Å². The van der Waals surface area contributed by atoms with Gasteiger partial charge in [-0.25, -0.2) is 0 Å². The first-order valence-corrected chi connectivity index (χ1v) is 3.15. The fourth-order valence-corrected chi connectivity index (χ4v) is 0.194. The fourth-order valence-electron chi connectivity index (χ4n) is 0.194. The fraction of sp³-hybridized carbons (Fsp3) is 1.00. The number of hydrogen-bond donors (Lipinski definition) is 6. The van der Waals surface area contributed by atoms with Gasteiger partial charge in [-0.1, -0.05) is 0 Å². The molecule has 0 amide bonds. The van der Waals surface area contributed by atoms with Crippen LogP contribution in [-0.4, -0.2) is 56.7 Å². The summed E-state index contributed by atoms with van der Waals surface area (Å²) in [5.74, 6) is 0. The molecule has 0 rings (SSSR count). The Bertz CT molecular complexity index is 111. The van der Waals surface area contributed by atoms with Crippen LogP contribution in [0.1, 0.15) is 6.92 Å². The predicted molar refractivity (Wildman–Crippen MR) is 37.4 cm³/mol. The quantitative estimate of drug-likeness (QED) is 0.263. The zero-order valence-electron chi connectivity index (χ0n) is 7.21. The van der Waals surface area contributed by atoms with Crippen LogP contribution >= 0.6 is 0 Å². The largest absolute Gasteiger partial charge is 0.404 e. The van der Waals surface area contributed by atoms with Gasteiger partial charge in [-0.2, -0.15) is 0 Å². The Balaban J connectivity index is 0. The van der Waals surface area contributed by atoms with Crippen molar-refractivity contribution < 1.29 is 40.1 Å². The van der Waals surface area contributed by atoms with Gasteiger partial charge in [0.1, 0.15) is 0 Å². The monoisotopic (exact) mass is 202 g/mol. The summed E-state index contributed by atoms with van der Waals surface area (Å²) in [6.07, 6.45) is -5.91. The molecule has 0 aliphatic rings. The van der Waals surface area contributed by atoms with Gasteiger partial charge >= 0.3 is 12.3 Å². The van der Waals surface area contributed by atoms with E-state index in [1.807, 2.05) is 0 Å². The maximum absolute atomic E-state index is 7.91. The summed E-state index contributed by atoms with van der Waals surface area (Å²) < 4.78 is 7.50. The first-order chi connectivity index (χ1) is 5.62. The van der Waals surface area contributed by atoms with E-state index in [2.05, 4.69) is 9.47 Å². The van der Waals surface area contributed by atoms with Crippen LogP contribution in [0.3, 0.4) is 0 Å². The van der Waals surface area contributed by atoms with Crippen molar-refractivity contribution in [1.82, 2.24) is 0 Å². The third-order valence-corrected chi connectivity index (χ3v) is 0.612. The van der Waals surface area contributed by atoms with E-state index in [9.17, 15) is 0 Å². The van der Waals surface area contributed by atoms with Crippen LogP contribution < -0.4 is 0 Å². The van der Waals surface area contributed by atoms with Crippen LogP contribution in [0.15, 0.2) is 0 Å². The number of rotatable bonds is 3. The molecule has 13 heavy (non-hydrogen) atoms. The van der Waals surface area contributed by atoms with E-state index in [1.165, 1.54) is 6.92 Å². The number of hydrogen-bond acceptors (Lipinski definition) is 8. The van der Waals surface area contributed by atoms with Crippen LogP contribution in [0.25, 0.3) is 0 Å². The second-order valence-corrected chi connectivity index (χ2v) is 1.78. The first kappa shape index (κ1) is 15.2. The molecular formula is C5H14O8. The molecule has 6 N–H and O–H groups in total. The zero-order valence-corrected chi connectivity index (χ0v) is 7.21. The first-order valence-electron chi connectivity index (χ1n) is 3.15. The van der Waals surface area contributed by atoms with E-state index < -0.39 is 12.3 Å². The summed E-state index contributed by atoms with van der Waals surface area (Å²) in [6.45, 7) is 1.58. The molecule has 0 radical (unpaired) electrons. The molecular weight excluding hydrogens is 188 g/mol. The van der Waals surface area contributed by atoms with Crippen LogP contribution in [0, 0.1) is 0 Å². The maximum atomic E-state index is 7.91. The summed E-state index contributed by atoms with van der Waals surface area (Å²) in [5.41, 5.74) is 0. The van der Waals surface area contributed by atoms with Crippen LogP contribution in [0.2, 0.25) is 0 Å². The van der Waals surface area contributed by atoms with Crippen molar-refractivity contribution in [2.24, 2.45) is 0 Å². The van der Waals surface area contributed by atoms with Gasteiger partial charge in [-0.15, -0.1) is 0 Å². The second-order valence-electron chi connectivity index (χ2n) is 1.78. The average molecular weight is 202 g/mol. The molecule has 0 unspecified atom stereocenters. The highest BCUT2D eigenvalue weighted by atomic mass is 16.9. The molecule has 0 saturated heterocycles. The van der Waals surface area contributed by atoms with Crippen LogP contribution in [0.4, 0.5) is 0 Å². The minimum absolute atomic E-state index is 0.0590. The van der Waals surface area contributed by atoms with Crippen molar-refractivity contribution in [3.8, 4) is 0 Å². The Morgan fingerprint density at radius 1 is 0.923 bits per heavy atom. The second kappa shape index (κ2) is 6.18. The predicted octanol–water partition coefficient (Wildman–Crippen LogP) is -3.17. The molecule has 8 heteroatoms. The lowest BCUT2D eigenvalue weighted by Crippen LogP contribution is -2.30. The maximum Gasteiger partial charge on any atom is 0.404 e. The van der Waals surface area contributed by atoms with Crippen molar-refractivity contribution in [1.29, 1.82) is 0 Å². The molecule has 0 fully saturated rings. The molecule has 0 aromatic heterocycles. The molecule has 0 aliphatic heterocycles. The molecule has 0 spiro atoms. The minimum atomic E-state index is -2.96. The van der Waals surface area contributed by atoms with Gasteiger partial charge < -0.3 is 40.1 Å². The summed E-state index contributed by atoms with van der Waals surface area (Å²) in [7, 11) is 0.958. The van der Waals surface area contributed by atoms with Crippen molar-refractivity contribution in [2.45, 2.75) is 19.2 Å². The molecule has 0 aliphatic carbocycles. The van der Waals surface area contributed by atoms with Gasteiger partial charge in [0.15, 0.2) is 0 Å². The number of ether oxygens (including phenoxy) is 2. The van der Waals surface area contributed by atoms with Crippen molar-refractivity contribution in [3.05, 3.63) is 0 Å². The van der Waals surface area contributed by atoms with E-state index in [0.717, 1.165) is 7.11 Å². The van der Waals surface area contributed by atoms with E-state index in [0.29, 0.717) is 0 Å². The van der Waals surface area contributed by atoms with Gasteiger partial charge in [0, 0.05) is 7.11 Å². The highest BCUT2D eigenvalue weighted by Crippen LogP contribution is 1.91. The average Bonchev–Trinajstić information content (AvgIpc) is 1.84. The lowest BCUT2D eigenvalue weighted by Gasteiger charge is -2.10. The van der Waals surface area contributed by atoms with Gasteiger partial charge in [0.05, 0.1) is 6.61 Å². The highest BCUT2D eigenvalue weighted by molar-refractivity contribution is 4.17. The molecule has 82 valence electrons. The number of aliphatic hydroxyl groups is 6. The van der Waals surface area contributed by atoms with Crippen molar-refractivity contribution in [2.75, 3.05) is 13.7 Å². The van der Waals surface area contributed by atoms with Gasteiger partial charge in [-0.05, 0) is 6.92 Å². The standard InChI is InChI=1S/C3H8O4.C2H6O4/c1-2-7-3(4,5)6;1-6-2(3,4)5/h4-6H,2H2,1H3;3-5H,1H3. The summed E-state index contributed by atoms with van der Waals surface area (Å²) in [4.78, 5) is 0. The molecule has 0 saturated carbocycles. The molecule has 0 aromatic carbocycles. The molecule has 8 nitrogen and oxygen atoms in total. The van der Waals surface area contributed by atoms with E-state index in [-0.39, 0.29) is 6.61 Å². The summed E-state index contributed by atoms with van der Waals surface area (Å²) in [5, 5.41) is 46.9. The minimum Gasteiger partial charge on any atom is -0.319 e. The van der Waals surface area contributed by atoms with Crippen molar-refractivity contribution in [3.63, 3.8) is 0 Å². The van der Waals surface area contributed by atoms with E-state index in [1.54, 1.807) is 0 Å². The number of methoxy groups -OCH3 is 1. The van der Waals surface area contributed by atoms with Crippen LogP contribution in [0.5, 0.6) is 0 Å². The smallest absolute Gasteiger partial charge is 0.319 e. The van der Waals surface area contributed by atoms with Gasteiger partial charge in [0.25, 0.3) is 0 Å². The zero-order chi connectivity index (χ0) is 11.1. The molecule has 0 bridgehead atoms.